The van der Waals surface area contributed by atoms with E-state index in [2.05, 4.69) is 50.3 Å². The second-order valence-corrected chi connectivity index (χ2v) is 7.03. The van der Waals surface area contributed by atoms with Crippen LogP contribution < -0.4 is 5.73 Å². The van der Waals surface area contributed by atoms with Crippen molar-refractivity contribution >= 4 is 17.0 Å². The first-order valence-electron chi connectivity index (χ1n) is 9.33. The Labute approximate surface area is 155 Å². The van der Waals surface area contributed by atoms with Gasteiger partial charge in [-0.25, -0.2) is 0 Å². The van der Waals surface area contributed by atoms with Crippen LogP contribution in [0.25, 0.3) is 5.57 Å². The average Bonchev–Trinajstić information content (AvgIpc) is 2.65. The minimum Gasteiger partial charge on any atom is -0.399 e. The van der Waals surface area contributed by atoms with Crippen molar-refractivity contribution in [1.29, 1.82) is 5.41 Å². The van der Waals surface area contributed by atoms with Crippen LogP contribution in [0.4, 0.5) is 5.69 Å². The predicted octanol–water partition coefficient (Wildman–Crippen LogP) is 5.27. The van der Waals surface area contributed by atoms with Crippen molar-refractivity contribution in [3.05, 3.63) is 93.6 Å². The molecule has 0 heterocycles. The van der Waals surface area contributed by atoms with Crippen molar-refractivity contribution < 1.29 is 0 Å². The van der Waals surface area contributed by atoms with Crippen LogP contribution in [0.15, 0.2) is 65.8 Å². The molecule has 2 heteroatoms. The summed E-state index contributed by atoms with van der Waals surface area (Å²) in [5.41, 5.74) is 17.7. The quantitative estimate of drug-likeness (QED) is 0.735. The molecule has 0 aliphatic heterocycles. The summed E-state index contributed by atoms with van der Waals surface area (Å²) >= 11 is 0. The fourth-order valence-electron chi connectivity index (χ4n) is 4.10. The van der Waals surface area contributed by atoms with E-state index in [1.807, 2.05) is 18.2 Å². The van der Waals surface area contributed by atoms with Crippen LogP contribution in [0, 0.1) is 5.41 Å². The van der Waals surface area contributed by atoms with E-state index in [1.54, 1.807) is 0 Å². The number of hydrogen-bond acceptors (Lipinski definition) is 2. The number of anilines is 1. The lowest BCUT2D eigenvalue weighted by Gasteiger charge is -2.27. The Morgan fingerprint density at radius 3 is 2.54 bits per heavy atom. The second-order valence-electron chi connectivity index (χ2n) is 7.03. The number of benzene rings is 2. The first-order chi connectivity index (χ1) is 12.6. The summed E-state index contributed by atoms with van der Waals surface area (Å²) in [6.45, 7) is 4.43. The van der Waals surface area contributed by atoms with Gasteiger partial charge in [-0.2, -0.15) is 0 Å². The Bertz CT molecular complexity index is 1000. The molecule has 2 aromatic carbocycles. The van der Waals surface area contributed by atoms with Crippen LogP contribution in [0.3, 0.4) is 0 Å². The van der Waals surface area contributed by atoms with Crippen molar-refractivity contribution in [2.24, 2.45) is 0 Å². The number of nitrogens with two attached hydrogens (primary N) is 1. The average molecular weight is 340 g/mol. The SMILES string of the molecule is CCc1ccc(C2=C3C=CC(=N)C=C3Cc3cc(N)ccc32)cc1CC. The number of nitrogen functional groups attached to an aromatic ring is 1. The van der Waals surface area contributed by atoms with Gasteiger partial charge in [0.05, 0.1) is 5.71 Å². The van der Waals surface area contributed by atoms with Crippen LogP contribution in [0.2, 0.25) is 0 Å². The molecule has 0 saturated carbocycles. The third-order valence-electron chi connectivity index (χ3n) is 5.41. The highest BCUT2D eigenvalue weighted by atomic mass is 14.5. The number of fused-ring (bicyclic) bond motifs is 2. The Balaban J connectivity index is 1.99. The molecule has 0 aromatic heterocycles. The highest BCUT2D eigenvalue weighted by molar-refractivity contribution is 6.07. The maximum Gasteiger partial charge on any atom is 0.0543 e. The first-order valence-corrected chi connectivity index (χ1v) is 9.33. The minimum absolute atomic E-state index is 0.561. The maximum atomic E-state index is 8.01. The van der Waals surface area contributed by atoms with E-state index in [1.165, 1.54) is 44.5 Å². The Hall–Kier alpha value is -2.87. The topological polar surface area (TPSA) is 49.9 Å². The summed E-state index contributed by atoms with van der Waals surface area (Å²) in [5.74, 6) is 0. The van der Waals surface area contributed by atoms with Crippen molar-refractivity contribution in [2.45, 2.75) is 33.1 Å². The highest BCUT2D eigenvalue weighted by Gasteiger charge is 2.24. The molecule has 130 valence electrons. The molecule has 0 saturated heterocycles. The molecule has 2 aromatic rings. The summed E-state index contributed by atoms with van der Waals surface area (Å²) in [6, 6.07) is 13.1. The van der Waals surface area contributed by atoms with Crippen LogP contribution in [0.1, 0.15) is 41.7 Å². The van der Waals surface area contributed by atoms with E-state index < -0.39 is 0 Å². The number of hydrogen-bond donors (Lipinski definition) is 2. The van der Waals surface area contributed by atoms with Gasteiger partial charge in [0.15, 0.2) is 0 Å². The van der Waals surface area contributed by atoms with Crippen molar-refractivity contribution in [1.82, 2.24) is 0 Å². The molecule has 2 aliphatic rings. The molecule has 3 N–H and O–H groups in total. The van der Waals surface area contributed by atoms with Crippen molar-refractivity contribution in [3.8, 4) is 0 Å². The van der Waals surface area contributed by atoms with E-state index in [-0.39, 0.29) is 0 Å². The lowest BCUT2D eigenvalue weighted by molar-refractivity contribution is 1.03. The van der Waals surface area contributed by atoms with Gasteiger partial charge >= 0.3 is 0 Å². The third-order valence-corrected chi connectivity index (χ3v) is 5.41. The van der Waals surface area contributed by atoms with Gasteiger partial charge in [0.25, 0.3) is 0 Å². The highest BCUT2D eigenvalue weighted by Crippen LogP contribution is 2.41. The monoisotopic (exact) mass is 340 g/mol. The number of nitrogens with one attached hydrogen (secondary N) is 1. The fraction of sp³-hybridized carbons (Fsp3) is 0.208. The summed E-state index contributed by atoms with van der Waals surface area (Å²) in [5, 5.41) is 8.01. The number of aryl methyl sites for hydroxylation is 2. The van der Waals surface area contributed by atoms with Gasteiger partial charge in [-0.15, -0.1) is 0 Å². The van der Waals surface area contributed by atoms with Gasteiger partial charge < -0.3 is 11.1 Å². The third kappa shape index (κ3) is 2.72. The van der Waals surface area contributed by atoms with Crippen LogP contribution >= 0.6 is 0 Å². The second kappa shape index (κ2) is 6.45. The summed E-state index contributed by atoms with van der Waals surface area (Å²) in [6.07, 6.45) is 8.91. The standard InChI is InChI=1S/C24H24N2/c1-3-15-5-6-17(11-16(15)4-2)24-22-9-7-20(25)13-18(22)12-19-14-21(26)8-10-23(19)24/h5-11,13-14,25H,3-4,12,26H2,1-2H3. The molecule has 0 unspecified atom stereocenters. The van der Waals surface area contributed by atoms with Gasteiger partial charge in [-0.3, -0.25) is 0 Å². The fourth-order valence-corrected chi connectivity index (χ4v) is 4.10. The molecular formula is C24H24N2. The van der Waals surface area contributed by atoms with Crippen molar-refractivity contribution in [3.63, 3.8) is 0 Å². The zero-order valence-corrected chi connectivity index (χ0v) is 15.4. The summed E-state index contributed by atoms with van der Waals surface area (Å²) in [7, 11) is 0. The van der Waals surface area contributed by atoms with Crippen LogP contribution in [-0.2, 0) is 19.3 Å². The lowest BCUT2D eigenvalue weighted by atomic mass is 9.77. The normalized spacial score (nSPS) is 15.6. The molecule has 2 aliphatic carbocycles. The molecule has 0 spiro atoms. The van der Waals surface area contributed by atoms with E-state index in [0.717, 1.165) is 24.9 Å². The molecule has 26 heavy (non-hydrogen) atoms. The molecule has 4 rings (SSSR count). The maximum absolute atomic E-state index is 8.01. The molecule has 0 atom stereocenters. The zero-order valence-electron chi connectivity index (χ0n) is 15.4. The van der Waals surface area contributed by atoms with Crippen LogP contribution in [-0.4, -0.2) is 5.71 Å². The minimum atomic E-state index is 0.561. The molecule has 0 bridgehead atoms. The van der Waals surface area contributed by atoms with E-state index in [9.17, 15) is 0 Å². The Morgan fingerprint density at radius 2 is 1.77 bits per heavy atom. The molecule has 0 fully saturated rings. The van der Waals surface area contributed by atoms with Gasteiger partial charge in [-0.05, 0) is 88.1 Å². The van der Waals surface area contributed by atoms with Crippen molar-refractivity contribution in [2.75, 3.05) is 5.73 Å². The zero-order chi connectivity index (χ0) is 18.3. The van der Waals surface area contributed by atoms with Gasteiger partial charge in [0, 0.05) is 5.69 Å². The predicted molar refractivity (Wildman–Crippen MR) is 111 cm³/mol. The van der Waals surface area contributed by atoms with E-state index in [0.29, 0.717) is 5.71 Å². The Morgan fingerprint density at radius 1 is 0.962 bits per heavy atom. The first kappa shape index (κ1) is 16.6. The molecule has 0 amide bonds. The summed E-state index contributed by atoms with van der Waals surface area (Å²) < 4.78 is 0. The molecular weight excluding hydrogens is 316 g/mol. The van der Waals surface area contributed by atoms with Crippen LogP contribution in [0.5, 0.6) is 0 Å². The van der Waals surface area contributed by atoms with Gasteiger partial charge in [0.1, 0.15) is 0 Å². The molecule has 2 nitrogen and oxygen atoms in total. The Kier molecular flexibility index (Phi) is 4.12. The number of allylic oxidation sites excluding steroid dienone is 5. The van der Waals surface area contributed by atoms with E-state index >= 15 is 0 Å². The van der Waals surface area contributed by atoms with E-state index in [4.69, 9.17) is 11.1 Å². The smallest absolute Gasteiger partial charge is 0.0543 e. The van der Waals surface area contributed by atoms with Gasteiger partial charge in [0.2, 0.25) is 0 Å². The molecule has 0 radical (unpaired) electrons. The largest absolute Gasteiger partial charge is 0.399 e. The lowest BCUT2D eigenvalue weighted by Crippen LogP contribution is -2.12. The van der Waals surface area contributed by atoms with Gasteiger partial charge in [-0.1, -0.05) is 44.2 Å². The number of rotatable bonds is 3. The summed E-state index contributed by atoms with van der Waals surface area (Å²) in [4.78, 5) is 0.